The smallest absolute Gasteiger partial charge is 0.0139 e. The number of allylic oxidation sites excluding steroid dienone is 1. The molecule has 0 saturated carbocycles. The van der Waals surface area contributed by atoms with E-state index in [4.69, 9.17) is 0 Å². The average Bonchev–Trinajstić information content (AvgIpc) is 2.41. The van der Waals surface area contributed by atoms with Crippen LogP contribution in [0.25, 0.3) is 0 Å². The SMILES string of the molecule is C/C=C/CNC1CC=CC1. The fourth-order valence-corrected chi connectivity index (χ4v) is 1.14. The molecule has 0 amide bonds. The average molecular weight is 137 g/mol. The van der Waals surface area contributed by atoms with Crippen LogP contribution < -0.4 is 5.32 Å². The lowest BCUT2D eigenvalue weighted by Gasteiger charge is -2.08. The van der Waals surface area contributed by atoms with Crippen LogP contribution in [0.2, 0.25) is 0 Å². The number of nitrogens with one attached hydrogen (secondary N) is 1. The summed E-state index contributed by atoms with van der Waals surface area (Å²) in [4.78, 5) is 0. The van der Waals surface area contributed by atoms with Gasteiger partial charge in [0.15, 0.2) is 0 Å². The highest BCUT2D eigenvalue weighted by molar-refractivity contribution is 4.98. The second-order valence-electron chi connectivity index (χ2n) is 2.62. The summed E-state index contributed by atoms with van der Waals surface area (Å²) >= 11 is 0. The Kier molecular flexibility index (Phi) is 3.23. The van der Waals surface area contributed by atoms with Crippen LogP contribution in [0.3, 0.4) is 0 Å². The molecule has 1 aliphatic carbocycles. The molecule has 0 saturated heterocycles. The second kappa shape index (κ2) is 4.29. The lowest BCUT2D eigenvalue weighted by Crippen LogP contribution is -2.26. The molecular formula is C9H15N. The van der Waals surface area contributed by atoms with Gasteiger partial charge in [0.25, 0.3) is 0 Å². The van der Waals surface area contributed by atoms with Crippen LogP contribution in [0, 0.1) is 0 Å². The van der Waals surface area contributed by atoms with Crippen LogP contribution in [-0.4, -0.2) is 12.6 Å². The van der Waals surface area contributed by atoms with Gasteiger partial charge in [-0.2, -0.15) is 0 Å². The zero-order chi connectivity index (χ0) is 7.23. The molecule has 0 heterocycles. The molecule has 1 aliphatic rings. The Morgan fingerprint density at radius 1 is 1.50 bits per heavy atom. The third-order valence-electron chi connectivity index (χ3n) is 1.77. The molecule has 1 rings (SSSR count). The molecule has 56 valence electrons. The molecule has 0 aliphatic heterocycles. The molecule has 0 aromatic rings. The van der Waals surface area contributed by atoms with Gasteiger partial charge in [0.2, 0.25) is 0 Å². The highest BCUT2D eigenvalue weighted by Crippen LogP contribution is 2.08. The maximum atomic E-state index is 3.43. The highest BCUT2D eigenvalue weighted by Gasteiger charge is 2.06. The molecule has 10 heavy (non-hydrogen) atoms. The van der Waals surface area contributed by atoms with Gasteiger partial charge >= 0.3 is 0 Å². The van der Waals surface area contributed by atoms with Crippen molar-refractivity contribution in [2.45, 2.75) is 25.8 Å². The van der Waals surface area contributed by atoms with Crippen LogP contribution in [-0.2, 0) is 0 Å². The molecular weight excluding hydrogens is 122 g/mol. The summed E-state index contributed by atoms with van der Waals surface area (Å²) in [6, 6.07) is 0.705. The van der Waals surface area contributed by atoms with Gasteiger partial charge in [-0.15, -0.1) is 0 Å². The molecule has 0 atom stereocenters. The van der Waals surface area contributed by atoms with Gasteiger partial charge in [0.05, 0.1) is 0 Å². The van der Waals surface area contributed by atoms with Crippen molar-refractivity contribution >= 4 is 0 Å². The Bertz CT molecular complexity index is 128. The highest BCUT2D eigenvalue weighted by atomic mass is 14.9. The first-order chi connectivity index (χ1) is 4.93. The number of hydrogen-bond acceptors (Lipinski definition) is 1. The number of rotatable bonds is 3. The van der Waals surface area contributed by atoms with Gasteiger partial charge in [-0.1, -0.05) is 24.3 Å². The Morgan fingerprint density at radius 2 is 2.20 bits per heavy atom. The predicted octanol–water partition coefficient (Wildman–Crippen LogP) is 1.87. The summed E-state index contributed by atoms with van der Waals surface area (Å²) in [6.07, 6.45) is 11.1. The Balaban J connectivity index is 2.03. The Morgan fingerprint density at radius 3 is 2.80 bits per heavy atom. The van der Waals surface area contributed by atoms with Crippen molar-refractivity contribution < 1.29 is 0 Å². The van der Waals surface area contributed by atoms with Crippen LogP contribution in [0.15, 0.2) is 24.3 Å². The van der Waals surface area contributed by atoms with Gasteiger partial charge in [-0.05, 0) is 19.8 Å². The van der Waals surface area contributed by atoms with Crippen molar-refractivity contribution in [3.8, 4) is 0 Å². The molecule has 1 N–H and O–H groups in total. The van der Waals surface area contributed by atoms with Gasteiger partial charge in [-0.3, -0.25) is 0 Å². The van der Waals surface area contributed by atoms with Crippen LogP contribution >= 0.6 is 0 Å². The summed E-state index contributed by atoms with van der Waals surface area (Å²) < 4.78 is 0. The van der Waals surface area contributed by atoms with Crippen LogP contribution in [0.5, 0.6) is 0 Å². The fourth-order valence-electron chi connectivity index (χ4n) is 1.14. The van der Waals surface area contributed by atoms with Gasteiger partial charge in [-0.25, -0.2) is 0 Å². The van der Waals surface area contributed by atoms with Crippen molar-refractivity contribution in [1.82, 2.24) is 5.32 Å². The van der Waals surface area contributed by atoms with E-state index in [0.29, 0.717) is 6.04 Å². The molecule has 0 radical (unpaired) electrons. The van der Waals surface area contributed by atoms with E-state index in [9.17, 15) is 0 Å². The molecule has 0 spiro atoms. The molecule has 1 heteroatoms. The van der Waals surface area contributed by atoms with E-state index in [1.165, 1.54) is 12.8 Å². The largest absolute Gasteiger partial charge is 0.310 e. The summed E-state index contributed by atoms with van der Waals surface area (Å²) in [5.74, 6) is 0. The lowest BCUT2D eigenvalue weighted by atomic mass is 10.2. The van der Waals surface area contributed by atoms with Crippen molar-refractivity contribution in [3.05, 3.63) is 24.3 Å². The minimum absolute atomic E-state index is 0.705. The third kappa shape index (κ3) is 2.36. The van der Waals surface area contributed by atoms with E-state index in [2.05, 4.69) is 36.5 Å². The fraction of sp³-hybridized carbons (Fsp3) is 0.556. The first kappa shape index (κ1) is 7.55. The molecule has 0 fully saturated rings. The Labute approximate surface area is 62.8 Å². The summed E-state index contributed by atoms with van der Waals surface area (Å²) in [5, 5.41) is 3.43. The molecule has 0 aromatic carbocycles. The van der Waals surface area contributed by atoms with Crippen molar-refractivity contribution in [1.29, 1.82) is 0 Å². The topological polar surface area (TPSA) is 12.0 Å². The van der Waals surface area contributed by atoms with Crippen LogP contribution in [0.1, 0.15) is 19.8 Å². The summed E-state index contributed by atoms with van der Waals surface area (Å²) in [5.41, 5.74) is 0. The van der Waals surface area contributed by atoms with Crippen molar-refractivity contribution in [2.75, 3.05) is 6.54 Å². The first-order valence-corrected chi connectivity index (χ1v) is 3.93. The minimum atomic E-state index is 0.705. The van der Waals surface area contributed by atoms with Crippen LogP contribution in [0.4, 0.5) is 0 Å². The quantitative estimate of drug-likeness (QED) is 0.585. The maximum Gasteiger partial charge on any atom is 0.0139 e. The molecule has 0 unspecified atom stereocenters. The third-order valence-corrected chi connectivity index (χ3v) is 1.77. The second-order valence-corrected chi connectivity index (χ2v) is 2.62. The predicted molar refractivity (Wildman–Crippen MR) is 45.0 cm³/mol. The van der Waals surface area contributed by atoms with Gasteiger partial charge in [0, 0.05) is 12.6 Å². The monoisotopic (exact) mass is 137 g/mol. The van der Waals surface area contributed by atoms with Gasteiger partial charge in [0.1, 0.15) is 0 Å². The van der Waals surface area contributed by atoms with E-state index >= 15 is 0 Å². The number of hydrogen-bond donors (Lipinski definition) is 1. The van der Waals surface area contributed by atoms with E-state index in [1.807, 2.05) is 0 Å². The molecule has 0 bridgehead atoms. The van der Waals surface area contributed by atoms with E-state index in [0.717, 1.165) is 6.54 Å². The lowest BCUT2D eigenvalue weighted by molar-refractivity contribution is 0.573. The van der Waals surface area contributed by atoms with Crippen molar-refractivity contribution in [2.24, 2.45) is 0 Å². The molecule has 1 nitrogen and oxygen atoms in total. The standard InChI is InChI=1S/C9H15N/c1-2-3-8-10-9-6-4-5-7-9/h2-5,9-10H,6-8H2,1H3/b3-2+. The maximum absolute atomic E-state index is 3.43. The normalized spacial score (nSPS) is 19.3. The molecule has 0 aromatic heterocycles. The summed E-state index contributed by atoms with van der Waals surface area (Å²) in [7, 11) is 0. The Hall–Kier alpha value is -0.560. The zero-order valence-electron chi connectivity index (χ0n) is 6.51. The van der Waals surface area contributed by atoms with E-state index in [-0.39, 0.29) is 0 Å². The van der Waals surface area contributed by atoms with Gasteiger partial charge < -0.3 is 5.32 Å². The van der Waals surface area contributed by atoms with E-state index < -0.39 is 0 Å². The summed E-state index contributed by atoms with van der Waals surface area (Å²) in [6.45, 7) is 3.07. The first-order valence-electron chi connectivity index (χ1n) is 3.93. The zero-order valence-corrected chi connectivity index (χ0v) is 6.51. The van der Waals surface area contributed by atoms with Crippen molar-refractivity contribution in [3.63, 3.8) is 0 Å². The minimum Gasteiger partial charge on any atom is -0.310 e. The van der Waals surface area contributed by atoms with E-state index in [1.54, 1.807) is 0 Å².